The molecule has 1 unspecified atom stereocenters. The van der Waals surface area contributed by atoms with Crippen molar-refractivity contribution in [1.82, 2.24) is 0 Å². The average Bonchev–Trinajstić information content (AvgIpc) is 2.38. The Hall–Kier alpha value is -0.820. The monoisotopic (exact) mass is 274 g/mol. The van der Waals surface area contributed by atoms with Crippen molar-refractivity contribution in [2.75, 3.05) is 0 Å². The lowest BCUT2D eigenvalue weighted by Crippen LogP contribution is -2.23. The Balaban J connectivity index is 1.90. The van der Waals surface area contributed by atoms with Gasteiger partial charge in [0.05, 0.1) is 6.10 Å². The third-order valence-electron chi connectivity index (χ3n) is 4.79. The minimum Gasteiger partial charge on any atom is -0.392 e. The first-order chi connectivity index (χ1) is 9.66. The van der Waals surface area contributed by atoms with Gasteiger partial charge in [-0.25, -0.2) is 0 Å². The molecule has 1 heteroatoms. The maximum atomic E-state index is 10.5. The quantitative estimate of drug-likeness (QED) is 0.812. The highest BCUT2D eigenvalue weighted by molar-refractivity contribution is 5.25. The van der Waals surface area contributed by atoms with Crippen molar-refractivity contribution < 1.29 is 5.11 Å². The van der Waals surface area contributed by atoms with E-state index < -0.39 is 0 Å². The van der Waals surface area contributed by atoms with Crippen LogP contribution < -0.4 is 0 Å². The summed E-state index contributed by atoms with van der Waals surface area (Å²) in [5.41, 5.74) is 2.66. The fourth-order valence-corrected chi connectivity index (χ4v) is 3.32. The van der Waals surface area contributed by atoms with E-state index in [4.69, 9.17) is 0 Å². The van der Waals surface area contributed by atoms with Gasteiger partial charge in [-0.1, -0.05) is 70.2 Å². The lowest BCUT2D eigenvalue weighted by molar-refractivity contribution is 0.0913. The van der Waals surface area contributed by atoms with Crippen molar-refractivity contribution in [1.29, 1.82) is 0 Å². The van der Waals surface area contributed by atoms with Crippen LogP contribution >= 0.6 is 0 Å². The van der Waals surface area contributed by atoms with Crippen molar-refractivity contribution in [3.05, 3.63) is 35.4 Å². The molecule has 0 aliphatic heterocycles. The van der Waals surface area contributed by atoms with Crippen molar-refractivity contribution in [2.45, 2.75) is 77.2 Å². The maximum Gasteiger partial charge on any atom is 0.0608 e. The second-order valence-electron chi connectivity index (χ2n) is 6.77. The molecule has 1 saturated carbocycles. The van der Waals surface area contributed by atoms with E-state index in [1.165, 1.54) is 56.1 Å². The van der Waals surface area contributed by atoms with Gasteiger partial charge in [0.25, 0.3) is 0 Å². The van der Waals surface area contributed by atoms with E-state index >= 15 is 0 Å². The second kappa shape index (κ2) is 7.83. The highest BCUT2D eigenvalue weighted by Gasteiger charge is 2.20. The number of aliphatic hydroxyl groups is 1. The summed E-state index contributed by atoms with van der Waals surface area (Å²) in [6, 6.07) is 8.82. The van der Waals surface area contributed by atoms with Crippen LogP contribution in [0, 0.1) is 5.92 Å². The first kappa shape index (κ1) is 15.6. The number of hydrogen-bond acceptors (Lipinski definition) is 1. The lowest BCUT2D eigenvalue weighted by Gasteiger charge is -2.25. The molecule has 0 heterocycles. The fourth-order valence-electron chi connectivity index (χ4n) is 3.32. The Morgan fingerprint density at radius 3 is 2.05 bits per heavy atom. The van der Waals surface area contributed by atoms with Gasteiger partial charge >= 0.3 is 0 Å². The molecular weight excluding hydrogens is 244 g/mol. The van der Waals surface area contributed by atoms with Gasteiger partial charge in [0, 0.05) is 0 Å². The average molecular weight is 274 g/mol. The standard InChI is InChI=1S/C19H30O/c1-15(2)17-12-10-16(11-13-17)14-19(20)18-8-6-4-3-5-7-9-18/h10-13,15,18-20H,3-9,14H2,1-2H3. The Morgan fingerprint density at radius 1 is 0.950 bits per heavy atom. The summed E-state index contributed by atoms with van der Waals surface area (Å²) in [4.78, 5) is 0. The van der Waals surface area contributed by atoms with Crippen molar-refractivity contribution in [3.8, 4) is 0 Å². The molecule has 1 nitrogen and oxygen atoms in total. The van der Waals surface area contributed by atoms with Crippen LogP contribution in [0.1, 0.15) is 75.8 Å². The summed E-state index contributed by atoms with van der Waals surface area (Å²) < 4.78 is 0. The molecule has 1 N–H and O–H groups in total. The summed E-state index contributed by atoms with van der Waals surface area (Å²) in [7, 11) is 0. The first-order valence-corrected chi connectivity index (χ1v) is 8.43. The van der Waals surface area contributed by atoms with E-state index in [9.17, 15) is 5.11 Å². The molecule has 1 aromatic carbocycles. The minimum absolute atomic E-state index is 0.155. The fraction of sp³-hybridized carbons (Fsp3) is 0.684. The molecule has 2 rings (SSSR count). The zero-order valence-corrected chi connectivity index (χ0v) is 13.1. The molecule has 1 atom stereocenters. The van der Waals surface area contributed by atoms with E-state index in [2.05, 4.69) is 38.1 Å². The maximum absolute atomic E-state index is 10.5. The Labute approximate surface area is 124 Å². The molecule has 1 aliphatic carbocycles. The molecule has 0 amide bonds. The van der Waals surface area contributed by atoms with Gasteiger partial charge in [0.2, 0.25) is 0 Å². The van der Waals surface area contributed by atoms with Crippen molar-refractivity contribution in [2.24, 2.45) is 5.92 Å². The van der Waals surface area contributed by atoms with Crippen LogP contribution in [0.5, 0.6) is 0 Å². The van der Waals surface area contributed by atoms with Gasteiger partial charge in [0.1, 0.15) is 0 Å². The van der Waals surface area contributed by atoms with E-state index in [-0.39, 0.29) is 6.10 Å². The Bertz CT molecular complexity index is 371. The Kier molecular flexibility index (Phi) is 6.09. The molecule has 0 radical (unpaired) electrons. The van der Waals surface area contributed by atoms with Crippen LogP contribution in [-0.2, 0) is 6.42 Å². The second-order valence-corrected chi connectivity index (χ2v) is 6.77. The van der Waals surface area contributed by atoms with E-state index in [0.717, 1.165) is 6.42 Å². The minimum atomic E-state index is -0.155. The van der Waals surface area contributed by atoms with Crippen LogP contribution in [0.3, 0.4) is 0 Å². The third-order valence-corrected chi connectivity index (χ3v) is 4.79. The largest absolute Gasteiger partial charge is 0.392 e. The van der Waals surface area contributed by atoms with Crippen LogP contribution in [0.4, 0.5) is 0 Å². The Morgan fingerprint density at radius 2 is 1.50 bits per heavy atom. The molecule has 0 saturated heterocycles. The molecule has 20 heavy (non-hydrogen) atoms. The molecule has 1 aromatic rings. The molecular formula is C19H30O. The molecule has 0 aromatic heterocycles. The van der Waals surface area contributed by atoms with Crippen molar-refractivity contribution in [3.63, 3.8) is 0 Å². The zero-order chi connectivity index (χ0) is 14.4. The highest BCUT2D eigenvalue weighted by atomic mass is 16.3. The lowest BCUT2D eigenvalue weighted by atomic mass is 9.85. The zero-order valence-electron chi connectivity index (χ0n) is 13.1. The van der Waals surface area contributed by atoms with E-state index in [1.807, 2.05) is 0 Å². The SMILES string of the molecule is CC(C)c1ccc(CC(O)C2CCCCCCC2)cc1. The molecule has 0 bridgehead atoms. The van der Waals surface area contributed by atoms with Gasteiger partial charge in [-0.3, -0.25) is 0 Å². The van der Waals surface area contributed by atoms with Crippen LogP contribution in [0.15, 0.2) is 24.3 Å². The normalized spacial score (nSPS) is 19.6. The summed E-state index contributed by atoms with van der Waals surface area (Å²) in [6.07, 6.45) is 9.79. The van der Waals surface area contributed by atoms with Gasteiger partial charge in [-0.15, -0.1) is 0 Å². The predicted molar refractivity (Wildman–Crippen MR) is 86.1 cm³/mol. The summed E-state index contributed by atoms with van der Waals surface area (Å²) >= 11 is 0. The third kappa shape index (κ3) is 4.63. The van der Waals surface area contributed by atoms with Gasteiger partial charge in [-0.2, -0.15) is 0 Å². The number of hydrogen-bond donors (Lipinski definition) is 1. The topological polar surface area (TPSA) is 20.2 Å². The van der Waals surface area contributed by atoms with Crippen molar-refractivity contribution >= 4 is 0 Å². The van der Waals surface area contributed by atoms with Gasteiger partial charge in [-0.05, 0) is 42.2 Å². The molecule has 1 fully saturated rings. The smallest absolute Gasteiger partial charge is 0.0608 e. The van der Waals surface area contributed by atoms with E-state index in [0.29, 0.717) is 11.8 Å². The molecule has 112 valence electrons. The van der Waals surface area contributed by atoms with Crippen LogP contribution in [-0.4, -0.2) is 11.2 Å². The van der Waals surface area contributed by atoms with Gasteiger partial charge in [0.15, 0.2) is 0 Å². The van der Waals surface area contributed by atoms with E-state index in [1.54, 1.807) is 0 Å². The molecule has 1 aliphatic rings. The summed E-state index contributed by atoms with van der Waals surface area (Å²) in [5.74, 6) is 1.10. The number of benzene rings is 1. The van der Waals surface area contributed by atoms with Crippen LogP contribution in [0.25, 0.3) is 0 Å². The molecule has 0 spiro atoms. The number of aliphatic hydroxyl groups excluding tert-OH is 1. The van der Waals surface area contributed by atoms with Gasteiger partial charge < -0.3 is 5.11 Å². The summed E-state index contributed by atoms with van der Waals surface area (Å²) in [6.45, 7) is 4.44. The predicted octanol–water partition coefficient (Wildman–Crippen LogP) is 5.07. The highest BCUT2D eigenvalue weighted by Crippen LogP contribution is 2.26. The van der Waals surface area contributed by atoms with Crippen LogP contribution in [0.2, 0.25) is 0 Å². The first-order valence-electron chi connectivity index (χ1n) is 8.43. The number of rotatable bonds is 4. The summed E-state index contributed by atoms with van der Waals surface area (Å²) in [5, 5.41) is 10.5.